The monoisotopic (exact) mass is 602 g/mol. The van der Waals surface area contributed by atoms with Crippen LogP contribution in [0.2, 0.25) is 0 Å². The predicted octanol–water partition coefficient (Wildman–Crippen LogP) is 3.96. The van der Waals surface area contributed by atoms with E-state index in [0.717, 1.165) is 25.7 Å². The number of carbonyl (C=O) groups excluding carboxylic acids is 3. The van der Waals surface area contributed by atoms with Gasteiger partial charge in [0.15, 0.2) is 0 Å². The van der Waals surface area contributed by atoms with E-state index >= 15 is 0 Å². The van der Waals surface area contributed by atoms with Crippen molar-refractivity contribution in [2.45, 2.75) is 97.1 Å². The largest absolute Gasteiger partial charge is 0.379 e. The molecule has 0 radical (unpaired) electrons. The lowest BCUT2D eigenvalue weighted by Crippen LogP contribution is -2.56. The normalized spacial score (nSPS) is 21.3. The Kier molecular flexibility index (Phi) is 15.7. The highest BCUT2D eigenvalue weighted by atomic mass is 16.5. The molecule has 9 nitrogen and oxygen atoms in total. The lowest BCUT2D eigenvalue weighted by molar-refractivity contribution is -0.147. The third-order valence-electron chi connectivity index (χ3n) is 9.33. The van der Waals surface area contributed by atoms with Crippen molar-refractivity contribution < 1.29 is 23.9 Å². The summed E-state index contributed by atoms with van der Waals surface area (Å²) in [6.07, 6.45) is 14.9. The van der Waals surface area contributed by atoms with Gasteiger partial charge in [0.2, 0.25) is 17.7 Å². The summed E-state index contributed by atoms with van der Waals surface area (Å²) in [7, 11) is 6.86. The molecular formula is C34H58N4O5. The quantitative estimate of drug-likeness (QED) is 0.262. The molecule has 3 amide bonds. The fourth-order valence-corrected chi connectivity index (χ4v) is 6.59. The van der Waals surface area contributed by atoms with Gasteiger partial charge < -0.3 is 29.9 Å². The first-order valence-electron chi connectivity index (χ1n) is 16.1. The lowest BCUT2D eigenvalue weighted by Gasteiger charge is -2.40. The van der Waals surface area contributed by atoms with E-state index in [4.69, 9.17) is 9.47 Å². The fraction of sp³-hybridized carbons (Fsp3) is 0.735. The topological polar surface area (TPSA) is 100 Å². The van der Waals surface area contributed by atoms with Crippen molar-refractivity contribution in [3.05, 3.63) is 36.5 Å². The van der Waals surface area contributed by atoms with Gasteiger partial charge in [0.05, 0.1) is 42.7 Å². The number of ether oxygens (including phenoxy) is 2. The van der Waals surface area contributed by atoms with Crippen LogP contribution >= 0.6 is 0 Å². The van der Waals surface area contributed by atoms with Crippen LogP contribution in [0.25, 0.3) is 0 Å². The summed E-state index contributed by atoms with van der Waals surface area (Å²) in [5, 5.41) is 6.23. The Balaban J connectivity index is 2.11. The number of rotatable bonds is 17. The summed E-state index contributed by atoms with van der Waals surface area (Å²) in [5.41, 5.74) is 0. The molecule has 0 saturated carbocycles. The van der Waals surface area contributed by atoms with Crippen molar-refractivity contribution in [3.63, 3.8) is 0 Å². The van der Waals surface area contributed by atoms with Crippen LogP contribution in [0, 0.1) is 23.7 Å². The number of carbonyl (C=O) groups is 3. The molecule has 3 unspecified atom stereocenters. The second kappa shape index (κ2) is 18.3. The molecule has 244 valence electrons. The molecule has 43 heavy (non-hydrogen) atoms. The highest BCUT2D eigenvalue weighted by Gasteiger charge is 2.42. The Morgan fingerprint density at radius 3 is 2.21 bits per heavy atom. The molecule has 1 aliphatic carbocycles. The molecular weight excluding hydrogens is 544 g/mol. The number of methoxy groups -OCH3 is 2. The van der Waals surface area contributed by atoms with Crippen LogP contribution in [0.1, 0.15) is 66.7 Å². The first-order valence-corrected chi connectivity index (χ1v) is 16.1. The zero-order valence-corrected chi connectivity index (χ0v) is 28.0. The Labute approximate surface area is 260 Å². The SMILES string of the molecule is CCC(C)[C@@H]([C@@H](CC(=O)N1CCC[C@H]1C(OC)C(C)C(=O)NCCC1C=CC=CC=C1)OC)N(C)C(=O)[C@@H](NC)C(C)C. The van der Waals surface area contributed by atoms with Gasteiger partial charge in [-0.05, 0) is 44.1 Å². The summed E-state index contributed by atoms with van der Waals surface area (Å²) >= 11 is 0. The first-order chi connectivity index (χ1) is 20.5. The van der Waals surface area contributed by atoms with Crippen LogP contribution in [-0.2, 0) is 23.9 Å². The van der Waals surface area contributed by atoms with Gasteiger partial charge in [-0.1, -0.05) is 77.5 Å². The molecule has 2 rings (SSSR count). The van der Waals surface area contributed by atoms with E-state index in [0.29, 0.717) is 13.1 Å². The maximum atomic E-state index is 13.9. The van der Waals surface area contributed by atoms with Gasteiger partial charge in [-0.3, -0.25) is 14.4 Å². The number of likely N-dealkylation sites (N-methyl/N-ethyl adjacent to an activating group) is 2. The Bertz CT molecular complexity index is 964. The van der Waals surface area contributed by atoms with Crippen LogP contribution in [0.4, 0.5) is 0 Å². The van der Waals surface area contributed by atoms with Crippen molar-refractivity contribution in [1.82, 2.24) is 20.4 Å². The molecule has 1 aliphatic heterocycles. The van der Waals surface area contributed by atoms with Gasteiger partial charge in [-0.25, -0.2) is 0 Å². The summed E-state index contributed by atoms with van der Waals surface area (Å²) < 4.78 is 11.8. The number of likely N-dealkylation sites (tertiary alicyclic amines) is 1. The van der Waals surface area contributed by atoms with Gasteiger partial charge in [0.1, 0.15) is 0 Å². The lowest BCUT2D eigenvalue weighted by atomic mass is 9.89. The van der Waals surface area contributed by atoms with Gasteiger partial charge in [-0.2, -0.15) is 0 Å². The van der Waals surface area contributed by atoms with Crippen LogP contribution in [0.15, 0.2) is 36.5 Å². The number of hydrogen-bond acceptors (Lipinski definition) is 6. The summed E-state index contributed by atoms with van der Waals surface area (Å²) in [5.74, 6) is 0.00561. The first kappa shape index (κ1) is 36.7. The molecule has 1 saturated heterocycles. The van der Waals surface area contributed by atoms with E-state index in [2.05, 4.69) is 36.6 Å². The molecule has 1 heterocycles. The minimum absolute atomic E-state index is 0.00149. The van der Waals surface area contributed by atoms with E-state index in [-0.39, 0.29) is 60.0 Å². The average Bonchev–Trinajstić information content (AvgIpc) is 3.32. The predicted molar refractivity (Wildman–Crippen MR) is 172 cm³/mol. The number of allylic oxidation sites excluding steroid dienone is 6. The Morgan fingerprint density at radius 1 is 1.02 bits per heavy atom. The van der Waals surface area contributed by atoms with Crippen molar-refractivity contribution in [3.8, 4) is 0 Å². The maximum Gasteiger partial charge on any atom is 0.240 e. The van der Waals surface area contributed by atoms with Gasteiger partial charge in [0, 0.05) is 34.4 Å². The smallest absolute Gasteiger partial charge is 0.240 e. The van der Waals surface area contributed by atoms with Crippen molar-refractivity contribution in [1.29, 1.82) is 0 Å². The second-order valence-electron chi connectivity index (χ2n) is 12.5. The zero-order chi connectivity index (χ0) is 32.1. The minimum Gasteiger partial charge on any atom is -0.379 e. The molecule has 0 spiro atoms. The van der Waals surface area contributed by atoms with Crippen LogP contribution < -0.4 is 10.6 Å². The standard InChI is InChI=1S/C34H58N4O5/c1-10-24(4)31(37(7)34(41)30(35-6)23(2)3)28(42-8)22-29(39)38-21-15-18-27(38)32(43-9)25(5)33(40)36-20-19-26-16-13-11-12-14-17-26/h11-14,16-17,23-28,30-32,35H,10,15,18-22H2,1-9H3,(H,36,40)/t24?,25?,27-,28+,30-,31-,32?/m0/s1. The molecule has 0 aromatic rings. The second-order valence-corrected chi connectivity index (χ2v) is 12.5. The van der Waals surface area contributed by atoms with Gasteiger partial charge in [-0.15, -0.1) is 0 Å². The van der Waals surface area contributed by atoms with Gasteiger partial charge >= 0.3 is 0 Å². The third kappa shape index (κ3) is 10.0. The summed E-state index contributed by atoms with van der Waals surface area (Å²) in [6, 6.07) is -0.788. The van der Waals surface area contributed by atoms with E-state index in [1.54, 1.807) is 26.2 Å². The Morgan fingerprint density at radius 2 is 1.67 bits per heavy atom. The molecule has 1 fully saturated rings. The highest BCUT2D eigenvalue weighted by Crippen LogP contribution is 2.29. The number of nitrogens with one attached hydrogen (secondary N) is 2. The zero-order valence-electron chi connectivity index (χ0n) is 28.0. The molecule has 7 atom stereocenters. The number of hydrogen-bond donors (Lipinski definition) is 2. The molecule has 0 bridgehead atoms. The van der Waals surface area contributed by atoms with Crippen LogP contribution in [-0.4, -0.2) is 99.3 Å². The van der Waals surface area contributed by atoms with Crippen LogP contribution in [0.3, 0.4) is 0 Å². The molecule has 2 aliphatic rings. The molecule has 9 heteroatoms. The van der Waals surface area contributed by atoms with E-state index in [1.807, 2.05) is 57.0 Å². The molecule has 0 aromatic carbocycles. The van der Waals surface area contributed by atoms with E-state index in [1.165, 1.54) is 0 Å². The van der Waals surface area contributed by atoms with E-state index in [9.17, 15) is 14.4 Å². The highest BCUT2D eigenvalue weighted by molar-refractivity contribution is 5.83. The van der Waals surface area contributed by atoms with Gasteiger partial charge in [0.25, 0.3) is 0 Å². The summed E-state index contributed by atoms with van der Waals surface area (Å²) in [6.45, 7) is 11.3. The number of nitrogens with zero attached hydrogens (tertiary/aromatic N) is 2. The Hall–Kier alpha value is -2.49. The average molecular weight is 603 g/mol. The fourth-order valence-electron chi connectivity index (χ4n) is 6.59. The minimum atomic E-state index is -0.466. The van der Waals surface area contributed by atoms with E-state index < -0.39 is 18.1 Å². The molecule has 2 N–H and O–H groups in total. The van der Waals surface area contributed by atoms with Crippen molar-refractivity contribution in [2.75, 3.05) is 41.4 Å². The third-order valence-corrected chi connectivity index (χ3v) is 9.33. The summed E-state index contributed by atoms with van der Waals surface area (Å²) in [4.78, 5) is 44.2. The van der Waals surface area contributed by atoms with Crippen molar-refractivity contribution >= 4 is 17.7 Å². The molecule has 0 aromatic heterocycles. The maximum absolute atomic E-state index is 13.9. The van der Waals surface area contributed by atoms with Crippen molar-refractivity contribution in [2.24, 2.45) is 23.7 Å². The number of amides is 3. The van der Waals surface area contributed by atoms with Crippen LogP contribution in [0.5, 0.6) is 0 Å².